The predicted octanol–water partition coefficient (Wildman–Crippen LogP) is 5.09. The van der Waals surface area contributed by atoms with Gasteiger partial charge in [0, 0.05) is 49.1 Å². The fourth-order valence-corrected chi connectivity index (χ4v) is 5.42. The van der Waals surface area contributed by atoms with Crippen LogP contribution in [0, 0.1) is 23.3 Å². The van der Waals surface area contributed by atoms with E-state index in [0.717, 1.165) is 28.2 Å². The van der Waals surface area contributed by atoms with E-state index in [1.165, 1.54) is 13.8 Å². The zero-order valence-electron chi connectivity index (χ0n) is 25.2. The molecule has 1 aliphatic rings. The molecule has 2 aromatic carbocycles. The van der Waals surface area contributed by atoms with Crippen molar-refractivity contribution in [3.05, 3.63) is 89.8 Å². The van der Waals surface area contributed by atoms with Gasteiger partial charge in [-0.05, 0) is 73.2 Å². The van der Waals surface area contributed by atoms with Gasteiger partial charge in [-0.15, -0.1) is 5.10 Å². The van der Waals surface area contributed by atoms with Gasteiger partial charge in [0.05, 0.1) is 29.4 Å². The summed E-state index contributed by atoms with van der Waals surface area (Å²) in [6, 6.07) is 13.1. The second-order valence-corrected chi connectivity index (χ2v) is 11.5. The molecule has 1 aliphatic heterocycles. The molecule has 0 spiro atoms. The zero-order valence-corrected chi connectivity index (χ0v) is 25.2. The third-order valence-electron chi connectivity index (χ3n) is 7.83. The lowest BCUT2D eigenvalue weighted by atomic mass is 9.97. The van der Waals surface area contributed by atoms with Crippen molar-refractivity contribution in [2.75, 3.05) is 36.0 Å². The summed E-state index contributed by atoms with van der Waals surface area (Å²) in [7, 11) is 0. The molecule has 0 amide bonds. The van der Waals surface area contributed by atoms with Crippen LogP contribution < -0.4 is 9.80 Å². The molecule has 3 aromatic heterocycles. The Labute approximate surface area is 261 Å². The van der Waals surface area contributed by atoms with E-state index < -0.39 is 40.8 Å². The van der Waals surface area contributed by atoms with Crippen molar-refractivity contribution in [1.82, 2.24) is 30.2 Å². The molecule has 1 saturated heterocycles. The normalized spacial score (nSPS) is 14.5. The standard InChI is InChI=1S/C32H30F4N8O2/c1-18(45)25-11-9-22(17-37-25)43-14-12-42(13-15-43)21-7-4-19(5-8-21)26-27(35)28(36)30(31-39-40-41-44(31)32(2,3)46)38-29(26)23-10-6-20(33)16-24(23)34/h4-11,16-18,45-46H,12-15H2,1-3H3/t18-/m1/s1. The number of rotatable bonds is 7. The highest BCUT2D eigenvalue weighted by Gasteiger charge is 2.31. The zero-order chi connectivity index (χ0) is 32.7. The molecular weight excluding hydrogens is 604 g/mol. The summed E-state index contributed by atoms with van der Waals surface area (Å²) in [4.78, 5) is 12.9. The van der Waals surface area contributed by atoms with Crippen LogP contribution in [0.5, 0.6) is 0 Å². The minimum atomic E-state index is -1.70. The molecular formula is C32H30F4N8O2. The molecule has 1 fully saturated rings. The van der Waals surface area contributed by atoms with Gasteiger partial charge < -0.3 is 20.0 Å². The van der Waals surface area contributed by atoms with Crippen molar-refractivity contribution < 1.29 is 27.8 Å². The molecule has 0 radical (unpaired) electrons. The third-order valence-corrected chi connectivity index (χ3v) is 7.83. The van der Waals surface area contributed by atoms with Crippen LogP contribution in [0.15, 0.2) is 60.8 Å². The van der Waals surface area contributed by atoms with Gasteiger partial charge in [0.25, 0.3) is 0 Å². The predicted molar refractivity (Wildman–Crippen MR) is 163 cm³/mol. The van der Waals surface area contributed by atoms with Crippen molar-refractivity contribution in [3.8, 4) is 33.9 Å². The number of nitrogens with zero attached hydrogens (tertiary/aromatic N) is 8. The number of aromatic nitrogens is 6. The lowest BCUT2D eigenvalue weighted by molar-refractivity contribution is -0.0105. The molecule has 10 nitrogen and oxygen atoms in total. The molecule has 2 N–H and O–H groups in total. The molecule has 0 aliphatic carbocycles. The van der Waals surface area contributed by atoms with Gasteiger partial charge in [-0.25, -0.2) is 22.5 Å². The largest absolute Gasteiger partial charge is 0.387 e. The Hall–Kier alpha value is -4.95. The summed E-state index contributed by atoms with van der Waals surface area (Å²) in [6.07, 6.45) is 1.10. The maximum absolute atomic E-state index is 16.1. The highest BCUT2D eigenvalue weighted by atomic mass is 19.2. The Morgan fingerprint density at radius 1 is 0.826 bits per heavy atom. The van der Waals surface area contributed by atoms with Gasteiger partial charge in [0.1, 0.15) is 17.3 Å². The first kappa shape index (κ1) is 31.0. The van der Waals surface area contributed by atoms with Gasteiger partial charge in [0.2, 0.25) is 5.82 Å². The first-order chi connectivity index (χ1) is 21.9. The Morgan fingerprint density at radius 3 is 2.07 bits per heavy atom. The van der Waals surface area contributed by atoms with Crippen molar-refractivity contribution >= 4 is 11.4 Å². The number of halogens is 4. The summed E-state index contributed by atoms with van der Waals surface area (Å²) >= 11 is 0. The van der Waals surface area contributed by atoms with Crippen LogP contribution in [-0.4, -0.2) is 66.6 Å². The van der Waals surface area contributed by atoms with E-state index in [9.17, 15) is 14.6 Å². The fourth-order valence-electron chi connectivity index (χ4n) is 5.42. The number of piperazine rings is 1. The summed E-state index contributed by atoms with van der Waals surface area (Å²) in [5.74, 6) is -5.02. The number of aliphatic hydroxyl groups excluding tert-OH is 1. The third kappa shape index (κ3) is 5.88. The van der Waals surface area contributed by atoms with E-state index in [-0.39, 0.29) is 28.2 Å². The average molecular weight is 635 g/mol. The van der Waals surface area contributed by atoms with Crippen LogP contribution in [0.25, 0.3) is 33.9 Å². The molecule has 14 heteroatoms. The Bertz CT molecular complexity index is 1870. The van der Waals surface area contributed by atoms with Crippen LogP contribution in [0.3, 0.4) is 0 Å². The van der Waals surface area contributed by atoms with Crippen LogP contribution in [0.4, 0.5) is 28.9 Å². The topological polar surface area (TPSA) is 116 Å². The number of pyridine rings is 2. The van der Waals surface area contributed by atoms with Crippen LogP contribution in [-0.2, 0) is 5.72 Å². The van der Waals surface area contributed by atoms with Gasteiger partial charge in [0.15, 0.2) is 17.4 Å². The monoisotopic (exact) mass is 634 g/mol. The van der Waals surface area contributed by atoms with E-state index >= 15 is 13.2 Å². The summed E-state index contributed by atoms with van der Waals surface area (Å²) < 4.78 is 61.6. The van der Waals surface area contributed by atoms with Crippen molar-refractivity contribution in [2.45, 2.75) is 32.6 Å². The number of tetrazole rings is 1. The maximum Gasteiger partial charge on any atom is 0.206 e. The Balaban J connectivity index is 1.33. The molecule has 238 valence electrons. The number of benzene rings is 2. The van der Waals surface area contributed by atoms with E-state index in [2.05, 4.69) is 35.3 Å². The molecule has 46 heavy (non-hydrogen) atoms. The number of hydrogen-bond acceptors (Lipinski definition) is 9. The SMILES string of the molecule is C[C@@H](O)c1ccc(N2CCN(c3ccc(-c4c(-c5ccc(F)cc5F)nc(-c5nnnn5C(C)(C)O)c(F)c4F)cc3)CC2)cn1. The summed E-state index contributed by atoms with van der Waals surface area (Å²) in [6.45, 7) is 7.11. The summed E-state index contributed by atoms with van der Waals surface area (Å²) in [5, 5.41) is 31.0. The maximum atomic E-state index is 16.1. The van der Waals surface area contributed by atoms with Crippen LogP contribution in [0.1, 0.15) is 32.6 Å². The van der Waals surface area contributed by atoms with Crippen molar-refractivity contribution in [1.29, 1.82) is 0 Å². The number of aliphatic hydroxyl groups is 2. The van der Waals surface area contributed by atoms with Crippen LogP contribution in [0.2, 0.25) is 0 Å². The van der Waals surface area contributed by atoms with E-state index in [1.54, 1.807) is 43.5 Å². The van der Waals surface area contributed by atoms with E-state index in [0.29, 0.717) is 37.9 Å². The lowest BCUT2D eigenvalue weighted by Crippen LogP contribution is -2.46. The highest BCUT2D eigenvalue weighted by Crippen LogP contribution is 2.39. The van der Waals surface area contributed by atoms with E-state index in [4.69, 9.17) is 0 Å². The molecule has 1 atom stereocenters. The average Bonchev–Trinajstić information content (AvgIpc) is 3.54. The van der Waals surface area contributed by atoms with Crippen LogP contribution >= 0.6 is 0 Å². The number of hydrogen-bond donors (Lipinski definition) is 2. The number of anilines is 2. The minimum Gasteiger partial charge on any atom is -0.387 e. The summed E-state index contributed by atoms with van der Waals surface area (Å²) in [5.41, 5.74) is -0.657. The lowest BCUT2D eigenvalue weighted by Gasteiger charge is -2.37. The van der Waals surface area contributed by atoms with Gasteiger partial charge in [-0.1, -0.05) is 12.1 Å². The quantitative estimate of drug-likeness (QED) is 0.236. The molecule has 0 bridgehead atoms. The molecule has 4 heterocycles. The highest BCUT2D eigenvalue weighted by molar-refractivity contribution is 5.84. The smallest absolute Gasteiger partial charge is 0.206 e. The first-order valence-electron chi connectivity index (χ1n) is 14.5. The Kier molecular flexibility index (Phi) is 8.17. The second kappa shape index (κ2) is 12.1. The molecule has 0 saturated carbocycles. The van der Waals surface area contributed by atoms with E-state index in [1.807, 2.05) is 6.07 Å². The van der Waals surface area contributed by atoms with Crippen molar-refractivity contribution in [2.24, 2.45) is 0 Å². The first-order valence-corrected chi connectivity index (χ1v) is 14.5. The van der Waals surface area contributed by atoms with Crippen molar-refractivity contribution in [3.63, 3.8) is 0 Å². The van der Waals surface area contributed by atoms with Gasteiger partial charge in [-0.2, -0.15) is 4.68 Å². The fraction of sp³-hybridized carbons (Fsp3) is 0.281. The molecule has 6 rings (SSSR count). The molecule has 0 unspecified atom stereocenters. The van der Waals surface area contributed by atoms with Gasteiger partial charge >= 0.3 is 0 Å². The molecule has 5 aromatic rings. The minimum absolute atomic E-state index is 0.211. The van der Waals surface area contributed by atoms with Gasteiger partial charge in [-0.3, -0.25) is 4.98 Å². The Morgan fingerprint density at radius 2 is 1.48 bits per heavy atom. The second-order valence-electron chi connectivity index (χ2n) is 11.5.